The number of anilines is 1. The number of para-hydroxylation sites is 2. The van der Waals surface area contributed by atoms with Gasteiger partial charge in [0, 0.05) is 29.6 Å². The van der Waals surface area contributed by atoms with Gasteiger partial charge in [0.15, 0.2) is 0 Å². The number of urea groups is 1. The van der Waals surface area contributed by atoms with E-state index in [9.17, 15) is 14.4 Å². The van der Waals surface area contributed by atoms with Crippen molar-refractivity contribution >= 4 is 34.4 Å². The maximum Gasteiger partial charge on any atom is 0.332 e. The lowest BCUT2D eigenvalue weighted by Crippen LogP contribution is -2.44. The van der Waals surface area contributed by atoms with Crippen molar-refractivity contribution in [3.63, 3.8) is 0 Å². The lowest BCUT2D eigenvalue weighted by atomic mass is 9.87. The number of amides is 4. The fourth-order valence-electron chi connectivity index (χ4n) is 6.36. The number of carbonyl (C=O) groups is 3. The number of benzene rings is 4. The standard InChI is InChI=1S/C35H30N4O3/c1-21-15-17-23(18-16-21)20-36-33(40)26-12-6-8-14-29(26)39-34(41)30-19-27-25-11-5-7-13-28(25)37-31(27)32(38(30)35(39)42)24-10-4-3-9-22(24)2/h3-18,30,32,37H,19-20H2,1-2H3,(H,36,40)/t30-,32-/m0/s1. The van der Waals surface area contributed by atoms with E-state index >= 15 is 0 Å². The van der Waals surface area contributed by atoms with Gasteiger partial charge in [-0.2, -0.15) is 0 Å². The molecule has 0 spiro atoms. The molecule has 4 aromatic carbocycles. The number of nitrogens with zero attached hydrogens (tertiary/aromatic N) is 2. The first kappa shape index (κ1) is 25.8. The summed E-state index contributed by atoms with van der Waals surface area (Å²) in [5, 5.41) is 4.01. The van der Waals surface area contributed by atoms with Crippen molar-refractivity contribution < 1.29 is 14.4 Å². The smallest absolute Gasteiger partial charge is 0.332 e. The van der Waals surface area contributed by atoms with E-state index in [0.717, 1.165) is 44.4 Å². The van der Waals surface area contributed by atoms with Crippen LogP contribution in [0.25, 0.3) is 10.9 Å². The molecule has 2 atom stereocenters. The number of hydrogen-bond acceptors (Lipinski definition) is 3. The summed E-state index contributed by atoms with van der Waals surface area (Å²) in [6, 6.07) is 29.2. The van der Waals surface area contributed by atoms with Gasteiger partial charge in [0.05, 0.1) is 11.3 Å². The van der Waals surface area contributed by atoms with Crippen molar-refractivity contribution in [2.45, 2.75) is 38.9 Å². The van der Waals surface area contributed by atoms with Crippen molar-refractivity contribution in [3.8, 4) is 0 Å². The van der Waals surface area contributed by atoms with Crippen LogP contribution in [0.1, 0.15) is 49.9 Å². The highest BCUT2D eigenvalue weighted by molar-refractivity contribution is 6.24. The fourth-order valence-corrected chi connectivity index (χ4v) is 6.36. The summed E-state index contributed by atoms with van der Waals surface area (Å²) < 4.78 is 0. The summed E-state index contributed by atoms with van der Waals surface area (Å²) in [6.07, 6.45) is 0.393. The predicted octanol–water partition coefficient (Wildman–Crippen LogP) is 6.20. The quantitative estimate of drug-likeness (QED) is 0.254. The lowest BCUT2D eigenvalue weighted by molar-refractivity contribution is -0.120. The van der Waals surface area contributed by atoms with Gasteiger partial charge >= 0.3 is 6.03 Å². The Kier molecular flexibility index (Phi) is 6.16. The highest BCUT2D eigenvalue weighted by atomic mass is 16.2. The van der Waals surface area contributed by atoms with Gasteiger partial charge in [-0.3, -0.25) is 14.5 Å². The first-order chi connectivity index (χ1) is 20.4. The molecule has 1 fully saturated rings. The van der Waals surface area contributed by atoms with Gasteiger partial charge in [-0.15, -0.1) is 0 Å². The van der Waals surface area contributed by atoms with E-state index in [-0.39, 0.29) is 17.4 Å². The Bertz CT molecular complexity index is 1870. The van der Waals surface area contributed by atoms with Crippen molar-refractivity contribution in [2.24, 2.45) is 0 Å². The number of aromatic nitrogens is 1. The highest BCUT2D eigenvalue weighted by Gasteiger charge is 2.53. The predicted molar refractivity (Wildman–Crippen MR) is 162 cm³/mol. The van der Waals surface area contributed by atoms with E-state index < -0.39 is 18.1 Å². The lowest BCUT2D eigenvalue weighted by Gasteiger charge is -2.36. The molecule has 2 N–H and O–H groups in total. The average molecular weight is 555 g/mol. The van der Waals surface area contributed by atoms with E-state index in [1.54, 1.807) is 29.2 Å². The molecule has 0 saturated carbocycles. The van der Waals surface area contributed by atoms with Crippen LogP contribution in [0, 0.1) is 13.8 Å². The molecule has 2 aliphatic rings. The number of rotatable bonds is 5. The largest absolute Gasteiger partial charge is 0.356 e. The van der Waals surface area contributed by atoms with Gasteiger partial charge in [0.2, 0.25) is 0 Å². The van der Waals surface area contributed by atoms with Crippen molar-refractivity contribution in [2.75, 3.05) is 4.90 Å². The van der Waals surface area contributed by atoms with Gasteiger partial charge < -0.3 is 10.3 Å². The van der Waals surface area contributed by atoms with E-state index in [2.05, 4.69) is 16.4 Å². The molecule has 0 radical (unpaired) electrons. The second-order valence-electron chi connectivity index (χ2n) is 11.1. The summed E-state index contributed by atoms with van der Waals surface area (Å²) in [4.78, 5) is 48.4. The molecule has 208 valence electrons. The average Bonchev–Trinajstić information content (AvgIpc) is 3.50. The first-order valence-electron chi connectivity index (χ1n) is 14.2. The Morgan fingerprint density at radius 3 is 2.40 bits per heavy atom. The number of H-pyrrole nitrogens is 1. The summed E-state index contributed by atoms with van der Waals surface area (Å²) in [6.45, 7) is 4.37. The molecule has 4 amide bonds. The van der Waals surface area contributed by atoms with E-state index in [0.29, 0.717) is 18.7 Å². The SMILES string of the molecule is Cc1ccc(CNC(=O)c2ccccc2N2C(=O)[C@@H]3Cc4c([nH]c5ccccc45)[C@H](c4ccccc4C)N3C2=O)cc1. The van der Waals surface area contributed by atoms with Crippen LogP contribution in [0.15, 0.2) is 97.1 Å². The molecule has 5 aromatic rings. The molecule has 0 unspecified atom stereocenters. The topological polar surface area (TPSA) is 85.5 Å². The second-order valence-corrected chi connectivity index (χ2v) is 11.1. The molecule has 3 heterocycles. The Labute approximate surface area is 243 Å². The number of aromatic amines is 1. The normalized spacial score (nSPS) is 17.9. The van der Waals surface area contributed by atoms with Gasteiger partial charge in [-0.25, -0.2) is 9.69 Å². The van der Waals surface area contributed by atoms with Gasteiger partial charge in [0.25, 0.3) is 11.8 Å². The van der Waals surface area contributed by atoms with Crippen LogP contribution >= 0.6 is 0 Å². The van der Waals surface area contributed by atoms with Gasteiger partial charge in [0.1, 0.15) is 12.1 Å². The minimum atomic E-state index is -0.697. The maximum absolute atomic E-state index is 14.3. The monoisotopic (exact) mass is 554 g/mol. The number of aryl methyl sites for hydroxylation is 2. The van der Waals surface area contributed by atoms with Crippen LogP contribution in [0.5, 0.6) is 0 Å². The summed E-state index contributed by atoms with van der Waals surface area (Å²) in [5.74, 6) is -0.670. The molecule has 42 heavy (non-hydrogen) atoms. The van der Waals surface area contributed by atoms with Crippen LogP contribution in [0.3, 0.4) is 0 Å². The Balaban J connectivity index is 1.28. The molecular formula is C35H30N4O3. The molecular weight excluding hydrogens is 524 g/mol. The van der Waals surface area contributed by atoms with E-state index in [4.69, 9.17) is 0 Å². The van der Waals surface area contributed by atoms with Crippen molar-refractivity contribution in [3.05, 3.63) is 136 Å². The minimum Gasteiger partial charge on any atom is -0.356 e. The maximum atomic E-state index is 14.3. The Hall–Kier alpha value is -5.17. The molecule has 7 nitrogen and oxygen atoms in total. The van der Waals surface area contributed by atoms with Gasteiger partial charge in [-0.05, 0) is 54.3 Å². The first-order valence-corrected chi connectivity index (χ1v) is 14.2. The molecule has 1 aromatic heterocycles. The number of fused-ring (bicyclic) bond motifs is 4. The molecule has 0 bridgehead atoms. The number of imide groups is 1. The van der Waals surface area contributed by atoms with Crippen LogP contribution in [0.2, 0.25) is 0 Å². The highest BCUT2D eigenvalue weighted by Crippen LogP contribution is 2.45. The van der Waals surface area contributed by atoms with Crippen LogP contribution in [-0.4, -0.2) is 33.8 Å². The molecule has 7 rings (SSSR count). The third kappa shape index (κ3) is 4.08. The van der Waals surface area contributed by atoms with Crippen LogP contribution in [-0.2, 0) is 17.8 Å². The molecule has 0 aliphatic carbocycles. The summed E-state index contributed by atoms with van der Waals surface area (Å²) in [7, 11) is 0. The zero-order chi connectivity index (χ0) is 29.0. The van der Waals surface area contributed by atoms with Crippen molar-refractivity contribution in [1.82, 2.24) is 15.2 Å². The Morgan fingerprint density at radius 1 is 0.881 bits per heavy atom. The number of hydrogen-bond donors (Lipinski definition) is 2. The molecule has 7 heteroatoms. The van der Waals surface area contributed by atoms with Crippen molar-refractivity contribution in [1.29, 1.82) is 0 Å². The van der Waals surface area contributed by atoms with Crippen LogP contribution < -0.4 is 10.2 Å². The van der Waals surface area contributed by atoms with E-state index in [1.807, 2.05) is 80.6 Å². The number of carbonyl (C=O) groups excluding carboxylic acids is 3. The summed E-state index contributed by atoms with van der Waals surface area (Å²) >= 11 is 0. The van der Waals surface area contributed by atoms with Gasteiger partial charge in [-0.1, -0.05) is 84.4 Å². The molecule has 2 aliphatic heterocycles. The van der Waals surface area contributed by atoms with Crippen LogP contribution in [0.4, 0.5) is 10.5 Å². The third-order valence-corrected chi connectivity index (χ3v) is 8.50. The molecule has 1 saturated heterocycles. The van der Waals surface area contributed by atoms with E-state index in [1.165, 1.54) is 4.90 Å². The second kappa shape index (κ2) is 10.0. The third-order valence-electron chi connectivity index (χ3n) is 8.50. The fraction of sp³-hybridized carbons (Fsp3) is 0.171. The summed E-state index contributed by atoms with van der Waals surface area (Å²) in [5.41, 5.74) is 7.62. The Morgan fingerprint density at radius 2 is 1.60 bits per heavy atom. The zero-order valence-corrected chi connectivity index (χ0v) is 23.4. The number of nitrogens with one attached hydrogen (secondary N) is 2. The zero-order valence-electron chi connectivity index (χ0n) is 23.4. The minimum absolute atomic E-state index is 0.280.